The minimum Gasteiger partial charge on any atom is -0.454 e. The first-order valence-electron chi connectivity index (χ1n) is 8.63. The van der Waals surface area contributed by atoms with Crippen LogP contribution in [0.1, 0.15) is 12.8 Å². The van der Waals surface area contributed by atoms with Crippen LogP contribution in [0.5, 0.6) is 0 Å². The predicted molar refractivity (Wildman–Crippen MR) is 107 cm³/mol. The summed E-state index contributed by atoms with van der Waals surface area (Å²) in [6, 6.07) is 7.83. The molecule has 2 heterocycles. The van der Waals surface area contributed by atoms with Crippen molar-refractivity contribution < 1.29 is 22.7 Å². The Balaban J connectivity index is 1.63. The molecule has 1 amide bonds. The standard InChI is InChI=1S/C18H17Cl2N3O5S/c19-12-5-7-13(8-6-12)29(26,27)23-10-2-4-15(23)18(25)28-11-16(24)22-14-3-1-9-21-17(14)20/h1,3,5-9,15H,2,4,10-11H2,(H,22,24). The van der Waals surface area contributed by atoms with Gasteiger partial charge in [-0.1, -0.05) is 23.2 Å². The summed E-state index contributed by atoms with van der Waals surface area (Å²) in [6.07, 6.45) is 2.28. The number of amides is 1. The van der Waals surface area contributed by atoms with Crippen LogP contribution in [0.3, 0.4) is 0 Å². The van der Waals surface area contributed by atoms with Crippen LogP contribution in [0.25, 0.3) is 0 Å². The van der Waals surface area contributed by atoms with E-state index >= 15 is 0 Å². The molecule has 8 nitrogen and oxygen atoms in total. The van der Waals surface area contributed by atoms with Gasteiger partial charge in [-0.25, -0.2) is 13.4 Å². The number of nitrogens with one attached hydrogen (secondary N) is 1. The predicted octanol–water partition coefficient (Wildman–Crippen LogP) is 2.72. The number of anilines is 1. The molecule has 0 radical (unpaired) electrons. The zero-order valence-electron chi connectivity index (χ0n) is 15.0. The number of sulfonamides is 1. The van der Waals surface area contributed by atoms with E-state index in [-0.39, 0.29) is 22.3 Å². The summed E-state index contributed by atoms with van der Waals surface area (Å²) in [5.41, 5.74) is 0.281. The number of halogens is 2. The van der Waals surface area contributed by atoms with Crippen LogP contribution < -0.4 is 5.32 Å². The average molecular weight is 458 g/mol. The molecule has 1 saturated heterocycles. The monoisotopic (exact) mass is 457 g/mol. The Morgan fingerprint density at radius 1 is 1.21 bits per heavy atom. The number of hydrogen-bond acceptors (Lipinski definition) is 6. The van der Waals surface area contributed by atoms with Crippen molar-refractivity contribution in [2.45, 2.75) is 23.8 Å². The van der Waals surface area contributed by atoms with Crippen LogP contribution >= 0.6 is 23.2 Å². The first-order chi connectivity index (χ1) is 13.8. The molecule has 154 valence electrons. The van der Waals surface area contributed by atoms with E-state index in [2.05, 4.69) is 10.3 Å². The molecule has 1 atom stereocenters. The van der Waals surface area contributed by atoms with E-state index in [0.717, 1.165) is 4.31 Å². The number of carbonyl (C=O) groups is 2. The van der Waals surface area contributed by atoms with Crippen molar-refractivity contribution in [2.75, 3.05) is 18.5 Å². The van der Waals surface area contributed by atoms with Gasteiger partial charge in [-0.3, -0.25) is 9.59 Å². The van der Waals surface area contributed by atoms with Crippen molar-refractivity contribution in [3.05, 3.63) is 52.8 Å². The molecule has 1 aliphatic rings. The van der Waals surface area contributed by atoms with E-state index in [1.165, 1.54) is 30.5 Å². The summed E-state index contributed by atoms with van der Waals surface area (Å²) in [4.78, 5) is 28.3. The lowest BCUT2D eigenvalue weighted by Crippen LogP contribution is -2.42. The van der Waals surface area contributed by atoms with Crippen molar-refractivity contribution in [1.29, 1.82) is 0 Å². The first kappa shape index (κ1) is 21.5. The van der Waals surface area contributed by atoms with Crippen LogP contribution in [-0.2, 0) is 24.3 Å². The molecule has 1 fully saturated rings. The lowest BCUT2D eigenvalue weighted by Gasteiger charge is -2.22. The Morgan fingerprint density at radius 2 is 1.93 bits per heavy atom. The van der Waals surface area contributed by atoms with E-state index in [9.17, 15) is 18.0 Å². The summed E-state index contributed by atoms with van der Waals surface area (Å²) in [7, 11) is -3.89. The SMILES string of the molecule is O=C(COC(=O)C1CCCN1S(=O)(=O)c1ccc(Cl)cc1)Nc1cccnc1Cl. The molecular weight excluding hydrogens is 441 g/mol. The highest BCUT2D eigenvalue weighted by atomic mass is 35.5. The topological polar surface area (TPSA) is 106 Å². The van der Waals surface area contributed by atoms with Gasteiger partial charge in [0.2, 0.25) is 10.0 Å². The van der Waals surface area contributed by atoms with Crippen molar-refractivity contribution in [2.24, 2.45) is 0 Å². The maximum absolute atomic E-state index is 12.9. The fraction of sp³-hybridized carbons (Fsp3) is 0.278. The van der Waals surface area contributed by atoms with Crippen molar-refractivity contribution in [1.82, 2.24) is 9.29 Å². The number of pyridine rings is 1. The molecule has 3 rings (SSSR count). The van der Waals surface area contributed by atoms with Crippen LogP contribution in [0.15, 0.2) is 47.5 Å². The van der Waals surface area contributed by atoms with Gasteiger partial charge < -0.3 is 10.1 Å². The molecule has 1 aromatic heterocycles. The molecule has 0 spiro atoms. The Kier molecular flexibility index (Phi) is 6.74. The van der Waals surface area contributed by atoms with E-state index in [4.69, 9.17) is 27.9 Å². The second-order valence-corrected chi connectivity index (χ2v) is 8.91. The average Bonchev–Trinajstić information content (AvgIpc) is 3.19. The number of hydrogen-bond donors (Lipinski definition) is 1. The van der Waals surface area contributed by atoms with Crippen LogP contribution in [0.4, 0.5) is 5.69 Å². The molecule has 1 aromatic carbocycles. The largest absolute Gasteiger partial charge is 0.454 e. The molecule has 1 aliphatic heterocycles. The van der Waals surface area contributed by atoms with Gasteiger partial charge in [0.25, 0.3) is 5.91 Å². The van der Waals surface area contributed by atoms with Gasteiger partial charge in [0.1, 0.15) is 6.04 Å². The smallest absolute Gasteiger partial charge is 0.324 e. The van der Waals surface area contributed by atoms with Crippen molar-refractivity contribution >= 4 is 50.8 Å². The van der Waals surface area contributed by atoms with Crippen molar-refractivity contribution in [3.63, 3.8) is 0 Å². The summed E-state index contributed by atoms with van der Waals surface area (Å²) in [6.45, 7) is -0.391. The summed E-state index contributed by atoms with van der Waals surface area (Å²) in [5.74, 6) is -1.40. The third-order valence-electron chi connectivity index (χ3n) is 4.27. The second-order valence-electron chi connectivity index (χ2n) is 6.23. The highest BCUT2D eigenvalue weighted by Crippen LogP contribution is 2.27. The number of carbonyl (C=O) groups excluding carboxylic acids is 2. The number of ether oxygens (including phenoxy) is 1. The number of benzene rings is 1. The van der Waals surface area contributed by atoms with E-state index in [1.807, 2.05) is 0 Å². The third-order valence-corrected chi connectivity index (χ3v) is 6.75. The molecule has 0 aliphatic carbocycles. The Bertz CT molecular complexity index is 1010. The Hall–Kier alpha value is -2.20. The third kappa shape index (κ3) is 5.05. The van der Waals surface area contributed by atoms with Crippen molar-refractivity contribution in [3.8, 4) is 0 Å². The highest BCUT2D eigenvalue weighted by molar-refractivity contribution is 7.89. The number of nitrogens with zero attached hydrogens (tertiary/aromatic N) is 2. The zero-order valence-corrected chi connectivity index (χ0v) is 17.4. The molecule has 1 unspecified atom stereocenters. The lowest BCUT2D eigenvalue weighted by molar-refractivity contribution is -0.150. The van der Waals surface area contributed by atoms with E-state index in [0.29, 0.717) is 17.9 Å². The molecule has 0 bridgehead atoms. The quantitative estimate of drug-likeness (QED) is 0.527. The highest BCUT2D eigenvalue weighted by Gasteiger charge is 2.40. The minimum absolute atomic E-state index is 0.0329. The Labute approximate surface area is 177 Å². The lowest BCUT2D eigenvalue weighted by atomic mass is 10.2. The van der Waals surface area contributed by atoms with Crippen LogP contribution in [0.2, 0.25) is 10.2 Å². The van der Waals surface area contributed by atoms with Gasteiger partial charge in [-0.15, -0.1) is 0 Å². The van der Waals surface area contributed by atoms with Gasteiger partial charge in [-0.2, -0.15) is 4.31 Å². The molecule has 1 N–H and O–H groups in total. The van der Waals surface area contributed by atoms with Gasteiger partial charge in [0.05, 0.1) is 10.6 Å². The molecule has 29 heavy (non-hydrogen) atoms. The van der Waals surface area contributed by atoms with Crippen LogP contribution in [0, 0.1) is 0 Å². The summed E-state index contributed by atoms with van der Waals surface area (Å²) >= 11 is 11.7. The molecule has 2 aromatic rings. The van der Waals surface area contributed by atoms with Gasteiger partial charge >= 0.3 is 5.97 Å². The first-order valence-corrected chi connectivity index (χ1v) is 10.8. The minimum atomic E-state index is -3.89. The fourth-order valence-electron chi connectivity index (χ4n) is 2.90. The fourth-order valence-corrected chi connectivity index (χ4v) is 4.84. The molecule has 0 saturated carbocycles. The van der Waals surface area contributed by atoms with Crippen LogP contribution in [-0.4, -0.2) is 48.8 Å². The zero-order chi connectivity index (χ0) is 21.0. The number of rotatable bonds is 6. The normalized spacial score (nSPS) is 17.1. The van der Waals surface area contributed by atoms with Gasteiger partial charge in [0, 0.05) is 17.8 Å². The Morgan fingerprint density at radius 3 is 2.62 bits per heavy atom. The summed E-state index contributed by atoms with van der Waals surface area (Å²) < 4.78 is 31.8. The number of aromatic nitrogens is 1. The second kappa shape index (κ2) is 9.08. The molecular formula is C18H17Cl2N3O5S. The maximum Gasteiger partial charge on any atom is 0.324 e. The number of esters is 1. The van der Waals surface area contributed by atoms with E-state index in [1.54, 1.807) is 12.1 Å². The summed E-state index contributed by atoms with van der Waals surface area (Å²) in [5, 5.41) is 2.98. The van der Waals surface area contributed by atoms with Gasteiger partial charge in [0.15, 0.2) is 11.8 Å². The van der Waals surface area contributed by atoms with Gasteiger partial charge in [-0.05, 0) is 49.2 Å². The van der Waals surface area contributed by atoms with E-state index < -0.39 is 34.5 Å². The molecule has 11 heteroatoms. The maximum atomic E-state index is 12.9.